The molecular weight excluding hydrogens is 475 g/mol. The highest BCUT2D eigenvalue weighted by atomic mass is 19.4. The van der Waals surface area contributed by atoms with E-state index in [0.29, 0.717) is 0 Å². The minimum absolute atomic E-state index is 1.38. The van der Waals surface area contributed by atoms with Crippen LogP contribution in [0.1, 0.15) is 0 Å². The average molecular weight is 478 g/mol. The molecule has 2 unspecified atom stereocenters. The standard InChI is InChI=1S/C10H3F17O2/c11-1(3(13)14)2(12)5(15,16)7(19,20)9(23,24)10(25,26)8(21,22)6(17,18)4(28)29-27/h1-3H. The Morgan fingerprint density at radius 3 is 1.28 bits per heavy atom. The van der Waals surface area contributed by atoms with Crippen LogP contribution in [-0.4, -0.2) is 60.3 Å². The van der Waals surface area contributed by atoms with E-state index in [1.165, 1.54) is 4.94 Å². The molecule has 0 radical (unpaired) electrons. The van der Waals surface area contributed by atoms with Gasteiger partial charge in [0.25, 0.3) is 6.43 Å². The van der Waals surface area contributed by atoms with E-state index >= 15 is 0 Å². The molecule has 0 aromatic heterocycles. The maximum absolute atomic E-state index is 13.2. The van der Waals surface area contributed by atoms with Gasteiger partial charge in [-0.2, -0.15) is 52.7 Å². The number of carbonyl (C=O) groups excluding carboxylic acids is 1. The minimum Gasteiger partial charge on any atom is -0.248 e. The average Bonchev–Trinajstić information content (AvgIpc) is 2.58. The van der Waals surface area contributed by atoms with Crippen molar-refractivity contribution in [1.82, 2.24) is 0 Å². The predicted molar refractivity (Wildman–Crippen MR) is 52.7 cm³/mol. The molecule has 0 aromatic carbocycles. The largest absolute Gasteiger partial charge is 0.424 e. The van der Waals surface area contributed by atoms with Crippen LogP contribution in [0.4, 0.5) is 74.8 Å². The monoisotopic (exact) mass is 478 g/mol. The summed E-state index contributed by atoms with van der Waals surface area (Å²) < 4.78 is 217. The maximum Gasteiger partial charge on any atom is 0.424 e. The molecule has 0 aromatic rings. The van der Waals surface area contributed by atoms with Gasteiger partial charge < -0.3 is 0 Å². The fourth-order valence-electron chi connectivity index (χ4n) is 1.48. The second-order valence-electron chi connectivity index (χ2n) is 5.04. The van der Waals surface area contributed by atoms with Gasteiger partial charge in [0.15, 0.2) is 6.17 Å². The molecule has 0 saturated carbocycles. The van der Waals surface area contributed by atoms with E-state index in [1.807, 2.05) is 0 Å². The smallest absolute Gasteiger partial charge is 0.248 e. The van der Waals surface area contributed by atoms with Gasteiger partial charge in [-0.25, -0.2) is 27.3 Å². The van der Waals surface area contributed by atoms with Crippen molar-refractivity contribution in [3.8, 4) is 0 Å². The Morgan fingerprint density at radius 2 is 0.966 bits per heavy atom. The van der Waals surface area contributed by atoms with Crippen molar-refractivity contribution in [3.63, 3.8) is 0 Å². The minimum atomic E-state index is -8.47. The molecule has 0 aliphatic heterocycles. The van der Waals surface area contributed by atoms with E-state index in [-0.39, 0.29) is 0 Å². The van der Waals surface area contributed by atoms with E-state index in [0.717, 1.165) is 0 Å². The summed E-state index contributed by atoms with van der Waals surface area (Å²) in [7, 11) is 0. The van der Waals surface area contributed by atoms with E-state index in [9.17, 15) is 79.6 Å². The lowest BCUT2D eigenvalue weighted by atomic mass is 9.89. The van der Waals surface area contributed by atoms with Crippen LogP contribution in [0.25, 0.3) is 0 Å². The van der Waals surface area contributed by atoms with Crippen molar-refractivity contribution in [1.29, 1.82) is 0 Å². The van der Waals surface area contributed by atoms with Gasteiger partial charge in [-0.1, -0.05) is 0 Å². The predicted octanol–water partition coefficient (Wildman–Crippen LogP) is 5.17. The molecule has 0 N–H and O–H groups in total. The van der Waals surface area contributed by atoms with Crippen molar-refractivity contribution < 1.29 is 84.5 Å². The Labute approximate surface area is 146 Å². The summed E-state index contributed by atoms with van der Waals surface area (Å²) >= 11 is 0. The number of rotatable bonds is 9. The Kier molecular flexibility index (Phi) is 7.07. The molecule has 0 bridgehead atoms. The first-order chi connectivity index (χ1) is 12.5. The highest BCUT2D eigenvalue weighted by molar-refractivity contribution is 5.78. The van der Waals surface area contributed by atoms with Gasteiger partial charge >= 0.3 is 41.5 Å². The summed E-state index contributed by atoms with van der Waals surface area (Å²) in [6.07, 6.45) is -15.7. The first-order valence-electron chi connectivity index (χ1n) is 6.16. The van der Waals surface area contributed by atoms with Crippen LogP contribution >= 0.6 is 0 Å². The van der Waals surface area contributed by atoms with Gasteiger partial charge in [-0.3, -0.25) is 0 Å². The lowest BCUT2D eigenvalue weighted by Crippen LogP contribution is -2.73. The molecule has 0 heterocycles. The highest BCUT2D eigenvalue weighted by Crippen LogP contribution is 2.61. The summed E-state index contributed by atoms with van der Waals surface area (Å²) in [5, 5.41) is 0. The molecule has 0 amide bonds. The zero-order chi connectivity index (χ0) is 24.0. The molecule has 0 aliphatic carbocycles. The molecule has 0 fully saturated rings. The van der Waals surface area contributed by atoms with Gasteiger partial charge in [0.05, 0.1) is 0 Å². The van der Waals surface area contributed by atoms with E-state index in [1.54, 1.807) is 0 Å². The molecule has 2 atom stereocenters. The number of alkyl halides is 16. The number of carbonyl (C=O) groups is 1. The van der Waals surface area contributed by atoms with Crippen LogP contribution in [-0.2, 0) is 9.74 Å². The molecule has 19 heteroatoms. The van der Waals surface area contributed by atoms with Crippen molar-refractivity contribution >= 4 is 5.97 Å². The lowest BCUT2D eigenvalue weighted by molar-refractivity contribution is -0.428. The highest BCUT2D eigenvalue weighted by Gasteiger charge is 2.92. The van der Waals surface area contributed by atoms with E-state index in [4.69, 9.17) is 0 Å². The van der Waals surface area contributed by atoms with Gasteiger partial charge in [0.1, 0.15) is 0 Å². The summed E-state index contributed by atoms with van der Waals surface area (Å²) in [4.78, 5) is 11.4. The summed E-state index contributed by atoms with van der Waals surface area (Å²) in [6.45, 7) is 0. The Bertz CT molecular complexity index is 599. The molecule has 2 nitrogen and oxygen atoms in total. The van der Waals surface area contributed by atoms with Crippen LogP contribution in [0.3, 0.4) is 0 Å². The van der Waals surface area contributed by atoms with Gasteiger partial charge in [-0.15, -0.1) is 0 Å². The zero-order valence-electron chi connectivity index (χ0n) is 12.5. The molecule has 0 saturated heterocycles. The zero-order valence-corrected chi connectivity index (χ0v) is 12.5. The summed E-state index contributed by atoms with van der Waals surface area (Å²) in [6, 6.07) is 0. The van der Waals surface area contributed by atoms with Crippen molar-refractivity contribution in [3.05, 3.63) is 0 Å². The van der Waals surface area contributed by atoms with Crippen LogP contribution in [0.15, 0.2) is 0 Å². The lowest BCUT2D eigenvalue weighted by Gasteiger charge is -2.41. The second kappa shape index (κ2) is 7.51. The molecular formula is C10H3F17O2. The fourth-order valence-corrected chi connectivity index (χ4v) is 1.48. The third-order valence-corrected chi connectivity index (χ3v) is 3.19. The summed E-state index contributed by atoms with van der Waals surface area (Å²) in [5.74, 6) is -52.7. The van der Waals surface area contributed by atoms with E-state index in [2.05, 4.69) is 0 Å². The first-order valence-corrected chi connectivity index (χ1v) is 6.16. The second-order valence-corrected chi connectivity index (χ2v) is 5.04. The van der Waals surface area contributed by atoms with Crippen LogP contribution < -0.4 is 0 Å². The molecule has 174 valence electrons. The molecule has 29 heavy (non-hydrogen) atoms. The number of halogens is 17. The van der Waals surface area contributed by atoms with Crippen LogP contribution in [0.5, 0.6) is 0 Å². The molecule has 0 spiro atoms. The first kappa shape index (κ1) is 27.3. The van der Waals surface area contributed by atoms with Gasteiger partial charge in [0.2, 0.25) is 6.17 Å². The van der Waals surface area contributed by atoms with E-state index < -0.39 is 60.3 Å². The van der Waals surface area contributed by atoms with Crippen molar-refractivity contribution in [2.45, 2.75) is 54.3 Å². The van der Waals surface area contributed by atoms with Crippen LogP contribution in [0, 0.1) is 0 Å². The number of hydrogen-bond acceptors (Lipinski definition) is 2. The Morgan fingerprint density at radius 1 is 0.621 bits per heavy atom. The Balaban J connectivity index is 6.53. The Hall–Kier alpha value is -1.72. The SMILES string of the molecule is O=C(OF)C(F)(F)C(F)(F)C(F)(F)C(F)(F)C(F)(F)C(F)(F)C(F)C(F)C(F)F. The fraction of sp³-hybridized carbons (Fsp3) is 0.900. The molecule has 0 aliphatic rings. The third kappa shape index (κ3) is 3.64. The quantitative estimate of drug-likeness (QED) is 0.428. The summed E-state index contributed by atoms with van der Waals surface area (Å²) in [5.41, 5.74) is 0. The number of hydrogen-bond donors (Lipinski definition) is 0. The third-order valence-electron chi connectivity index (χ3n) is 3.19. The van der Waals surface area contributed by atoms with Crippen molar-refractivity contribution in [2.75, 3.05) is 0 Å². The molecule has 0 rings (SSSR count). The van der Waals surface area contributed by atoms with Gasteiger partial charge in [-0.05, 0) is 0 Å². The topological polar surface area (TPSA) is 26.3 Å². The van der Waals surface area contributed by atoms with Crippen LogP contribution in [0.2, 0.25) is 0 Å². The van der Waals surface area contributed by atoms with Crippen molar-refractivity contribution in [2.24, 2.45) is 0 Å². The normalized spacial score (nSPS) is 17.3. The maximum atomic E-state index is 13.2. The van der Waals surface area contributed by atoms with Gasteiger partial charge in [0, 0.05) is 4.53 Å².